The van der Waals surface area contributed by atoms with Gasteiger partial charge in [-0.25, -0.2) is 4.39 Å². The molecular weight excluding hydrogens is 241 g/mol. The second kappa shape index (κ2) is 5.34. The summed E-state index contributed by atoms with van der Waals surface area (Å²) in [5.74, 6) is -0.222. The highest BCUT2D eigenvalue weighted by Crippen LogP contribution is 2.35. The Morgan fingerprint density at radius 2 is 2.35 bits per heavy atom. The van der Waals surface area contributed by atoms with E-state index in [1.54, 1.807) is 12.1 Å². The van der Waals surface area contributed by atoms with Gasteiger partial charge in [-0.3, -0.25) is 0 Å². The van der Waals surface area contributed by atoms with E-state index in [2.05, 4.69) is 5.32 Å². The van der Waals surface area contributed by atoms with Gasteiger partial charge in [-0.15, -0.1) is 0 Å². The summed E-state index contributed by atoms with van der Waals surface area (Å²) in [6.07, 6.45) is 1.57. The lowest BCUT2D eigenvalue weighted by molar-refractivity contribution is 0.150. The lowest BCUT2D eigenvalue weighted by Gasteiger charge is -2.27. The van der Waals surface area contributed by atoms with Crippen LogP contribution in [-0.4, -0.2) is 26.8 Å². The molecule has 0 spiro atoms. The average molecular weight is 258 g/mol. The number of halogens is 2. The van der Waals surface area contributed by atoms with Gasteiger partial charge in [-0.05, 0) is 32.0 Å². The molecule has 0 amide bonds. The van der Waals surface area contributed by atoms with Crippen LogP contribution in [0.3, 0.4) is 0 Å². The summed E-state index contributed by atoms with van der Waals surface area (Å²) in [6.45, 7) is 2.23. The summed E-state index contributed by atoms with van der Waals surface area (Å²) in [6, 6.07) is 4.84. The molecule has 1 aliphatic rings. The first-order valence-electron chi connectivity index (χ1n) is 5.82. The highest BCUT2D eigenvalue weighted by Gasteiger charge is 2.35. The monoisotopic (exact) mass is 257 g/mol. The largest absolute Gasteiger partial charge is 0.381 e. The number of ether oxygens (including phenoxy) is 1. The van der Waals surface area contributed by atoms with Crippen LogP contribution in [0.2, 0.25) is 5.02 Å². The molecule has 0 saturated carbocycles. The summed E-state index contributed by atoms with van der Waals surface area (Å²) in [5, 5.41) is 3.67. The van der Waals surface area contributed by atoms with Crippen LogP contribution in [0.1, 0.15) is 12.0 Å². The Morgan fingerprint density at radius 3 is 2.94 bits per heavy atom. The van der Waals surface area contributed by atoms with Crippen molar-refractivity contribution in [3.8, 4) is 0 Å². The average Bonchev–Trinajstić information content (AvgIpc) is 2.73. The highest BCUT2D eigenvalue weighted by molar-refractivity contribution is 6.31. The fraction of sp³-hybridized carbons (Fsp3) is 0.538. The van der Waals surface area contributed by atoms with Crippen LogP contribution in [0.15, 0.2) is 18.2 Å². The molecule has 1 aromatic rings. The van der Waals surface area contributed by atoms with Crippen molar-refractivity contribution in [1.29, 1.82) is 0 Å². The first-order valence-corrected chi connectivity index (χ1v) is 6.20. The molecule has 0 aliphatic carbocycles. The molecule has 2 nitrogen and oxygen atoms in total. The van der Waals surface area contributed by atoms with Gasteiger partial charge >= 0.3 is 0 Å². The van der Waals surface area contributed by atoms with Crippen molar-refractivity contribution >= 4 is 11.6 Å². The van der Waals surface area contributed by atoms with Crippen LogP contribution in [0.25, 0.3) is 0 Å². The maximum absolute atomic E-state index is 13.8. The Kier molecular flexibility index (Phi) is 4.02. The van der Waals surface area contributed by atoms with E-state index >= 15 is 0 Å². The molecule has 0 bridgehead atoms. The minimum absolute atomic E-state index is 0.0272. The van der Waals surface area contributed by atoms with Gasteiger partial charge in [-0.1, -0.05) is 17.7 Å². The van der Waals surface area contributed by atoms with Gasteiger partial charge in [0.2, 0.25) is 0 Å². The molecule has 1 aromatic carbocycles. The molecule has 1 heterocycles. The van der Waals surface area contributed by atoms with Crippen LogP contribution < -0.4 is 5.32 Å². The second-order valence-electron chi connectivity index (χ2n) is 4.71. The van der Waals surface area contributed by atoms with Crippen molar-refractivity contribution in [3.05, 3.63) is 34.6 Å². The SMILES string of the molecule is CNCC1(Cc2c(F)cccc2Cl)CCOC1. The van der Waals surface area contributed by atoms with E-state index in [-0.39, 0.29) is 11.2 Å². The van der Waals surface area contributed by atoms with Crippen LogP contribution in [0, 0.1) is 11.2 Å². The topological polar surface area (TPSA) is 21.3 Å². The van der Waals surface area contributed by atoms with Crippen molar-refractivity contribution in [2.75, 3.05) is 26.8 Å². The van der Waals surface area contributed by atoms with Crippen LogP contribution in [-0.2, 0) is 11.2 Å². The quantitative estimate of drug-likeness (QED) is 0.895. The molecule has 1 N–H and O–H groups in total. The third-order valence-electron chi connectivity index (χ3n) is 3.35. The summed E-state index contributed by atoms with van der Waals surface area (Å²) in [5.41, 5.74) is 0.579. The maximum Gasteiger partial charge on any atom is 0.127 e. The third kappa shape index (κ3) is 2.79. The Labute approximate surface area is 106 Å². The normalized spacial score (nSPS) is 24.2. The molecule has 0 radical (unpaired) electrons. The zero-order valence-corrected chi connectivity index (χ0v) is 10.7. The van der Waals surface area contributed by atoms with E-state index in [0.717, 1.165) is 19.6 Å². The van der Waals surface area contributed by atoms with Crippen molar-refractivity contribution in [2.45, 2.75) is 12.8 Å². The molecule has 17 heavy (non-hydrogen) atoms. The predicted octanol–water partition coefficient (Wildman–Crippen LogP) is 2.65. The lowest BCUT2D eigenvalue weighted by Crippen LogP contribution is -2.35. The third-order valence-corrected chi connectivity index (χ3v) is 3.70. The van der Waals surface area contributed by atoms with E-state index in [0.29, 0.717) is 23.6 Å². The van der Waals surface area contributed by atoms with E-state index in [1.165, 1.54) is 6.07 Å². The summed E-state index contributed by atoms with van der Waals surface area (Å²) in [4.78, 5) is 0. The summed E-state index contributed by atoms with van der Waals surface area (Å²) < 4.78 is 19.2. The van der Waals surface area contributed by atoms with Gasteiger partial charge in [0, 0.05) is 29.2 Å². The molecule has 94 valence electrons. The Bertz CT molecular complexity index is 371. The van der Waals surface area contributed by atoms with Gasteiger partial charge in [0.05, 0.1) is 6.61 Å². The van der Waals surface area contributed by atoms with E-state index in [1.807, 2.05) is 7.05 Å². The molecule has 1 atom stereocenters. The number of benzene rings is 1. The highest BCUT2D eigenvalue weighted by atomic mass is 35.5. The van der Waals surface area contributed by atoms with Crippen LogP contribution in [0.5, 0.6) is 0 Å². The second-order valence-corrected chi connectivity index (χ2v) is 5.12. The number of hydrogen-bond donors (Lipinski definition) is 1. The smallest absolute Gasteiger partial charge is 0.127 e. The zero-order chi connectivity index (χ0) is 12.3. The first-order chi connectivity index (χ1) is 8.17. The van der Waals surface area contributed by atoms with Crippen molar-refractivity contribution in [1.82, 2.24) is 5.32 Å². The summed E-state index contributed by atoms with van der Waals surface area (Å²) in [7, 11) is 1.91. The Morgan fingerprint density at radius 1 is 1.53 bits per heavy atom. The van der Waals surface area contributed by atoms with Crippen molar-refractivity contribution < 1.29 is 9.13 Å². The molecule has 1 saturated heterocycles. The first kappa shape index (κ1) is 12.8. The van der Waals surface area contributed by atoms with Crippen molar-refractivity contribution in [2.24, 2.45) is 5.41 Å². The lowest BCUT2D eigenvalue weighted by atomic mass is 9.80. The maximum atomic E-state index is 13.8. The molecule has 4 heteroatoms. The Balaban J connectivity index is 2.23. The van der Waals surface area contributed by atoms with Crippen LogP contribution in [0.4, 0.5) is 4.39 Å². The Hall–Kier alpha value is -0.640. The molecule has 1 fully saturated rings. The standard InChI is InChI=1S/C13H17ClFNO/c1-16-8-13(5-6-17-9-13)7-10-11(14)3-2-4-12(10)15/h2-4,16H,5-9H2,1H3. The van der Waals surface area contributed by atoms with Crippen molar-refractivity contribution in [3.63, 3.8) is 0 Å². The van der Waals surface area contributed by atoms with E-state index < -0.39 is 0 Å². The molecular formula is C13H17ClFNO. The van der Waals surface area contributed by atoms with Crippen LogP contribution >= 0.6 is 11.6 Å². The fourth-order valence-corrected chi connectivity index (χ4v) is 2.67. The van der Waals surface area contributed by atoms with E-state index in [9.17, 15) is 4.39 Å². The van der Waals surface area contributed by atoms with Gasteiger partial charge in [-0.2, -0.15) is 0 Å². The molecule has 0 aromatic heterocycles. The number of rotatable bonds is 4. The van der Waals surface area contributed by atoms with Gasteiger partial charge < -0.3 is 10.1 Å². The molecule has 2 rings (SSSR count). The molecule has 1 aliphatic heterocycles. The minimum Gasteiger partial charge on any atom is -0.381 e. The fourth-order valence-electron chi connectivity index (χ4n) is 2.44. The summed E-state index contributed by atoms with van der Waals surface area (Å²) >= 11 is 6.07. The predicted molar refractivity (Wildman–Crippen MR) is 66.9 cm³/mol. The zero-order valence-electron chi connectivity index (χ0n) is 9.93. The molecule has 1 unspecified atom stereocenters. The number of nitrogens with one attached hydrogen (secondary N) is 1. The van der Waals surface area contributed by atoms with Gasteiger partial charge in [0.1, 0.15) is 5.82 Å². The van der Waals surface area contributed by atoms with E-state index in [4.69, 9.17) is 16.3 Å². The van der Waals surface area contributed by atoms with Gasteiger partial charge in [0.15, 0.2) is 0 Å². The minimum atomic E-state index is -0.222. The van der Waals surface area contributed by atoms with Gasteiger partial charge in [0.25, 0.3) is 0 Å². The number of hydrogen-bond acceptors (Lipinski definition) is 2.